The number of hydrogen-bond acceptors (Lipinski definition) is 2. The van der Waals surface area contributed by atoms with E-state index < -0.39 is 0 Å². The van der Waals surface area contributed by atoms with Crippen LogP contribution in [-0.4, -0.2) is 19.1 Å². The van der Waals surface area contributed by atoms with Crippen molar-refractivity contribution in [1.29, 1.82) is 0 Å². The van der Waals surface area contributed by atoms with Gasteiger partial charge in [-0.3, -0.25) is 4.79 Å². The molecular weight excluding hydrogens is 250 g/mol. The van der Waals surface area contributed by atoms with E-state index in [1.54, 1.807) is 0 Å². The monoisotopic (exact) mass is 275 g/mol. The third-order valence-corrected chi connectivity index (χ3v) is 3.85. The molecule has 1 aliphatic heterocycles. The zero-order valence-corrected chi connectivity index (χ0v) is 12.7. The molecule has 1 N–H and O–H groups in total. The van der Waals surface area contributed by atoms with Gasteiger partial charge in [0.25, 0.3) is 0 Å². The number of carbonyl (C=O) groups is 1. The van der Waals surface area contributed by atoms with Gasteiger partial charge in [0, 0.05) is 25.3 Å². The number of amides is 1. The minimum Gasteiger partial charge on any atom is -0.381 e. The van der Waals surface area contributed by atoms with Crippen LogP contribution >= 0.6 is 0 Å². The molecule has 0 atom stereocenters. The molecule has 0 aromatic heterocycles. The van der Waals surface area contributed by atoms with Crippen LogP contribution in [0.2, 0.25) is 0 Å². The summed E-state index contributed by atoms with van der Waals surface area (Å²) in [6, 6.07) is 8.15. The summed E-state index contributed by atoms with van der Waals surface area (Å²) in [5, 5.41) is 2.99. The zero-order chi connectivity index (χ0) is 14.6. The van der Waals surface area contributed by atoms with E-state index in [2.05, 4.69) is 38.2 Å². The fourth-order valence-electron chi connectivity index (χ4n) is 2.48. The molecule has 2 rings (SSSR count). The molecule has 3 heteroatoms. The van der Waals surface area contributed by atoms with Crippen LogP contribution in [0, 0.1) is 5.92 Å². The van der Waals surface area contributed by atoms with Crippen LogP contribution in [0.3, 0.4) is 0 Å². The molecule has 1 heterocycles. The highest BCUT2D eigenvalue weighted by Gasteiger charge is 2.18. The molecule has 1 saturated heterocycles. The number of hydrogen-bond donors (Lipinski definition) is 1. The Morgan fingerprint density at radius 2 is 1.80 bits per heavy atom. The lowest BCUT2D eigenvalue weighted by molar-refractivity contribution is -0.117. The van der Waals surface area contributed by atoms with Crippen molar-refractivity contribution < 1.29 is 9.53 Å². The van der Waals surface area contributed by atoms with Gasteiger partial charge < -0.3 is 10.1 Å². The van der Waals surface area contributed by atoms with Gasteiger partial charge in [-0.15, -0.1) is 0 Å². The highest BCUT2D eigenvalue weighted by Crippen LogP contribution is 2.24. The quantitative estimate of drug-likeness (QED) is 0.912. The van der Waals surface area contributed by atoms with Crippen LogP contribution in [0.5, 0.6) is 0 Å². The Balaban J connectivity index is 1.87. The molecule has 20 heavy (non-hydrogen) atoms. The number of ether oxygens (including phenoxy) is 1. The van der Waals surface area contributed by atoms with Gasteiger partial charge in [0.2, 0.25) is 5.91 Å². The van der Waals surface area contributed by atoms with Gasteiger partial charge in [-0.05, 0) is 41.9 Å². The zero-order valence-electron chi connectivity index (χ0n) is 12.7. The molecule has 110 valence electrons. The number of anilines is 1. The van der Waals surface area contributed by atoms with E-state index in [0.29, 0.717) is 12.3 Å². The first kappa shape index (κ1) is 15.0. The Morgan fingerprint density at radius 3 is 2.35 bits per heavy atom. The van der Waals surface area contributed by atoms with Crippen molar-refractivity contribution in [3.8, 4) is 0 Å². The Bertz CT molecular complexity index is 439. The van der Waals surface area contributed by atoms with E-state index in [1.165, 1.54) is 5.56 Å². The number of rotatable bonds is 3. The first-order chi connectivity index (χ1) is 9.45. The Morgan fingerprint density at radius 1 is 1.20 bits per heavy atom. The first-order valence-corrected chi connectivity index (χ1v) is 7.43. The highest BCUT2D eigenvalue weighted by atomic mass is 16.5. The second-order valence-corrected chi connectivity index (χ2v) is 6.64. The van der Waals surface area contributed by atoms with Crippen LogP contribution in [0.25, 0.3) is 0 Å². The summed E-state index contributed by atoms with van der Waals surface area (Å²) in [4.78, 5) is 12.0. The fourth-order valence-corrected chi connectivity index (χ4v) is 2.48. The molecule has 0 unspecified atom stereocenters. The normalized spacial score (nSPS) is 16.9. The fraction of sp³-hybridized carbons (Fsp3) is 0.588. The van der Waals surface area contributed by atoms with Gasteiger partial charge in [-0.2, -0.15) is 0 Å². The molecule has 0 saturated carbocycles. The molecule has 0 spiro atoms. The third kappa shape index (κ3) is 4.34. The molecule has 0 aliphatic carbocycles. The second kappa shape index (κ2) is 6.40. The maximum absolute atomic E-state index is 12.0. The summed E-state index contributed by atoms with van der Waals surface area (Å²) in [6.45, 7) is 8.14. The minimum absolute atomic E-state index is 0.111. The van der Waals surface area contributed by atoms with Crippen LogP contribution in [0.4, 0.5) is 5.69 Å². The molecular formula is C17H25NO2. The van der Waals surface area contributed by atoms with E-state index in [9.17, 15) is 4.79 Å². The lowest BCUT2D eigenvalue weighted by atomic mass is 9.87. The molecule has 1 aromatic rings. The van der Waals surface area contributed by atoms with E-state index >= 15 is 0 Å². The average molecular weight is 275 g/mol. The minimum atomic E-state index is 0.111. The predicted octanol–water partition coefficient (Wildman–Crippen LogP) is 3.74. The molecule has 0 radical (unpaired) electrons. The second-order valence-electron chi connectivity index (χ2n) is 6.64. The van der Waals surface area contributed by atoms with Crippen LogP contribution in [0.1, 0.15) is 45.6 Å². The van der Waals surface area contributed by atoms with Crippen molar-refractivity contribution in [2.75, 3.05) is 18.5 Å². The van der Waals surface area contributed by atoms with E-state index in [0.717, 1.165) is 31.7 Å². The molecule has 1 aliphatic rings. The van der Waals surface area contributed by atoms with Crippen molar-refractivity contribution in [3.05, 3.63) is 29.8 Å². The Hall–Kier alpha value is -1.35. The topological polar surface area (TPSA) is 38.3 Å². The lowest BCUT2D eigenvalue weighted by Gasteiger charge is -2.21. The van der Waals surface area contributed by atoms with Crippen LogP contribution in [0.15, 0.2) is 24.3 Å². The summed E-state index contributed by atoms with van der Waals surface area (Å²) in [6.07, 6.45) is 2.59. The van der Waals surface area contributed by atoms with Gasteiger partial charge in [0.1, 0.15) is 0 Å². The van der Waals surface area contributed by atoms with E-state index in [1.807, 2.05) is 12.1 Å². The van der Waals surface area contributed by atoms with Crippen LogP contribution in [-0.2, 0) is 14.9 Å². The average Bonchev–Trinajstić information content (AvgIpc) is 2.39. The van der Waals surface area contributed by atoms with Gasteiger partial charge in [-0.1, -0.05) is 32.9 Å². The van der Waals surface area contributed by atoms with Gasteiger partial charge in [0.15, 0.2) is 0 Å². The van der Waals surface area contributed by atoms with Crippen molar-refractivity contribution in [1.82, 2.24) is 0 Å². The summed E-state index contributed by atoms with van der Waals surface area (Å²) < 4.78 is 5.31. The van der Waals surface area contributed by atoms with Crippen LogP contribution < -0.4 is 5.32 Å². The third-order valence-electron chi connectivity index (χ3n) is 3.85. The number of benzene rings is 1. The largest absolute Gasteiger partial charge is 0.381 e. The SMILES string of the molecule is CC(C)(C)c1ccc(NC(=O)CC2CCOCC2)cc1. The van der Waals surface area contributed by atoms with Gasteiger partial charge in [0.05, 0.1) is 0 Å². The molecule has 1 fully saturated rings. The maximum Gasteiger partial charge on any atom is 0.224 e. The molecule has 3 nitrogen and oxygen atoms in total. The Labute approximate surface area is 121 Å². The van der Waals surface area contributed by atoms with E-state index in [4.69, 9.17) is 4.74 Å². The standard InChI is InChI=1S/C17H25NO2/c1-17(2,3)14-4-6-15(7-5-14)18-16(19)12-13-8-10-20-11-9-13/h4-7,13H,8-12H2,1-3H3,(H,18,19). The Kier molecular flexibility index (Phi) is 4.81. The highest BCUT2D eigenvalue weighted by molar-refractivity contribution is 5.90. The van der Waals surface area contributed by atoms with Crippen molar-refractivity contribution >= 4 is 11.6 Å². The number of nitrogens with one attached hydrogen (secondary N) is 1. The van der Waals surface area contributed by atoms with Crippen molar-refractivity contribution in [3.63, 3.8) is 0 Å². The lowest BCUT2D eigenvalue weighted by Crippen LogP contribution is -2.22. The smallest absolute Gasteiger partial charge is 0.224 e. The van der Waals surface area contributed by atoms with Crippen molar-refractivity contribution in [2.24, 2.45) is 5.92 Å². The molecule has 1 amide bonds. The molecule has 0 bridgehead atoms. The molecule has 1 aromatic carbocycles. The van der Waals surface area contributed by atoms with Gasteiger partial charge >= 0.3 is 0 Å². The number of carbonyl (C=O) groups excluding carboxylic acids is 1. The van der Waals surface area contributed by atoms with Crippen molar-refractivity contribution in [2.45, 2.75) is 45.4 Å². The summed E-state index contributed by atoms with van der Waals surface area (Å²) in [5.41, 5.74) is 2.31. The van der Waals surface area contributed by atoms with Gasteiger partial charge in [-0.25, -0.2) is 0 Å². The maximum atomic E-state index is 12.0. The summed E-state index contributed by atoms with van der Waals surface area (Å²) in [5.74, 6) is 0.581. The summed E-state index contributed by atoms with van der Waals surface area (Å²) in [7, 11) is 0. The summed E-state index contributed by atoms with van der Waals surface area (Å²) >= 11 is 0. The van der Waals surface area contributed by atoms with E-state index in [-0.39, 0.29) is 11.3 Å². The predicted molar refractivity (Wildman–Crippen MR) is 81.9 cm³/mol. The first-order valence-electron chi connectivity index (χ1n) is 7.43.